The van der Waals surface area contributed by atoms with Crippen molar-refractivity contribution in [1.29, 1.82) is 5.26 Å². The molecule has 1 aromatic heterocycles. The Bertz CT molecular complexity index is 792. The number of aromatic nitrogens is 2. The predicted octanol–water partition coefficient (Wildman–Crippen LogP) is 1.77. The van der Waals surface area contributed by atoms with Crippen LogP contribution in [-0.4, -0.2) is 41.2 Å². The molecule has 7 nitrogen and oxygen atoms in total. The van der Waals surface area contributed by atoms with E-state index < -0.39 is 11.8 Å². The molecule has 1 aliphatic carbocycles. The maximum atomic E-state index is 12.9. The van der Waals surface area contributed by atoms with Crippen LogP contribution in [0.25, 0.3) is 0 Å². The fraction of sp³-hybridized carbons (Fsp3) is 0.526. The van der Waals surface area contributed by atoms with Crippen molar-refractivity contribution >= 4 is 11.5 Å². The van der Waals surface area contributed by atoms with Gasteiger partial charge in [-0.1, -0.05) is 13.8 Å². The number of aliphatic imine (C=N–C) groups is 1. The Balaban J connectivity index is 2.09. The number of hydrogen-bond donors (Lipinski definition) is 1. The molecule has 0 amide bonds. The summed E-state index contributed by atoms with van der Waals surface area (Å²) in [6, 6.07) is 2.25. The maximum Gasteiger partial charge on any atom is 0.143 e. The molecular formula is C19H23N5O2. The summed E-state index contributed by atoms with van der Waals surface area (Å²) in [4.78, 5) is 26.1. The highest BCUT2D eigenvalue weighted by Crippen LogP contribution is 2.45. The highest BCUT2D eigenvalue weighted by Gasteiger charge is 2.47. The number of carbonyl (C=O) groups is 1. The first-order chi connectivity index (χ1) is 12.5. The maximum absolute atomic E-state index is 12.9. The number of Topliss-reactive ketones (excluding diaryl/α,β-unsaturated/α-hetero) is 1. The Labute approximate surface area is 153 Å². The molecule has 1 aliphatic heterocycles. The van der Waals surface area contributed by atoms with Crippen LogP contribution in [0.5, 0.6) is 0 Å². The van der Waals surface area contributed by atoms with Crippen molar-refractivity contribution in [1.82, 2.24) is 9.97 Å². The standard InChI is InChI=1S/C19H23N5O2/c1-19(2)7-13-18(16(25)8-19)17(14-10-22-4-5-23-14)12(9-21)15(24-13)11-26-6-3-20/h4-5,10,17-18H,3,6-8,11,20H2,1-2H3. The molecule has 1 fully saturated rings. The molecule has 1 saturated carbocycles. The molecule has 2 aliphatic rings. The molecule has 2 heterocycles. The Morgan fingerprint density at radius 2 is 2.15 bits per heavy atom. The van der Waals surface area contributed by atoms with Gasteiger partial charge in [-0.2, -0.15) is 5.26 Å². The van der Waals surface area contributed by atoms with Crippen molar-refractivity contribution in [3.8, 4) is 6.07 Å². The van der Waals surface area contributed by atoms with Gasteiger partial charge in [0.2, 0.25) is 0 Å². The topological polar surface area (TPSA) is 114 Å². The molecule has 2 N–H and O–H groups in total. The summed E-state index contributed by atoms with van der Waals surface area (Å²) in [6.07, 6.45) is 5.95. The second kappa shape index (κ2) is 7.44. The normalized spacial score (nSPS) is 24.7. The predicted molar refractivity (Wildman–Crippen MR) is 96.2 cm³/mol. The van der Waals surface area contributed by atoms with Crippen LogP contribution in [0, 0.1) is 22.7 Å². The van der Waals surface area contributed by atoms with Crippen LogP contribution >= 0.6 is 0 Å². The third-order valence-electron chi connectivity index (χ3n) is 4.78. The lowest BCUT2D eigenvalue weighted by atomic mass is 9.64. The van der Waals surface area contributed by atoms with Crippen molar-refractivity contribution in [3.05, 3.63) is 35.6 Å². The molecule has 7 heteroatoms. The van der Waals surface area contributed by atoms with Gasteiger partial charge in [0.05, 0.1) is 48.1 Å². The van der Waals surface area contributed by atoms with E-state index in [1.807, 2.05) is 0 Å². The van der Waals surface area contributed by atoms with E-state index in [2.05, 4.69) is 34.9 Å². The van der Waals surface area contributed by atoms with E-state index >= 15 is 0 Å². The van der Waals surface area contributed by atoms with Crippen LogP contribution in [0.15, 0.2) is 34.9 Å². The molecule has 0 bridgehead atoms. The molecule has 2 unspecified atom stereocenters. The number of hydrogen-bond acceptors (Lipinski definition) is 7. The minimum absolute atomic E-state index is 0.102. The van der Waals surface area contributed by atoms with E-state index in [4.69, 9.17) is 10.5 Å². The summed E-state index contributed by atoms with van der Waals surface area (Å²) < 4.78 is 5.54. The highest BCUT2D eigenvalue weighted by atomic mass is 16.5. The van der Waals surface area contributed by atoms with Crippen LogP contribution in [0.3, 0.4) is 0 Å². The smallest absolute Gasteiger partial charge is 0.143 e. The Kier molecular flexibility index (Phi) is 5.25. The number of allylic oxidation sites excluding steroid dienone is 1. The molecule has 0 radical (unpaired) electrons. The van der Waals surface area contributed by atoms with Crippen molar-refractivity contribution in [2.45, 2.75) is 32.6 Å². The fourth-order valence-electron chi connectivity index (χ4n) is 3.78. The van der Waals surface area contributed by atoms with E-state index in [0.717, 1.165) is 5.71 Å². The highest BCUT2D eigenvalue weighted by molar-refractivity contribution is 6.10. The van der Waals surface area contributed by atoms with Gasteiger partial charge in [0.1, 0.15) is 5.78 Å². The zero-order valence-corrected chi connectivity index (χ0v) is 15.1. The first-order valence-corrected chi connectivity index (χ1v) is 8.74. The number of ketones is 1. The SMILES string of the molecule is CC1(C)CC(=O)C2C(=NC(COCCN)=C(C#N)C2c2cnccn2)C1. The number of nitriles is 1. The first-order valence-electron chi connectivity index (χ1n) is 8.74. The summed E-state index contributed by atoms with van der Waals surface area (Å²) in [6.45, 7) is 5.11. The third kappa shape index (κ3) is 3.57. The fourth-order valence-corrected chi connectivity index (χ4v) is 3.78. The average molecular weight is 353 g/mol. The zero-order valence-electron chi connectivity index (χ0n) is 15.1. The number of carbonyl (C=O) groups excluding carboxylic acids is 1. The van der Waals surface area contributed by atoms with Crippen molar-refractivity contribution < 1.29 is 9.53 Å². The molecule has 1 aromatic rings. The zero-order chi connectivity index (χ0) is 18.7. The molecule has 2 atom stereocenters. The van der Waals surface area contributed by atoms with E-state index in [0.29, 0.717) is 43.0 Å². The number of nitrogens with zero attached hydrogens (tertiary/aromatic N) is 4. The van der Waals surface area contributed by atoms with Crippen LogP contribution in [-0.2, 0) is 9.53 Å². The molecule has 3 rings (SSSR count). The van der Waals surface area contributed by atoms with Crippen LogP contribution in [0.1, 0.15) is 38.3 Å². The van der Waals surface area contributed by atoms with E-state index in [1.54, 1.807) is 18.6 Å². The lowest BCUT2D eigenvalue weighted by Crippen LogP contribution is -2.43. The van der Waals surface area contributed by atoms with E-state index in [-0.39, 0.29) is 17.8 Å². The quantitative estimate of drug-likeness (QED) is 0.807. The third-order valence-corrected chi connectivity index (χ3v) is 4.78. The lowest BCUT2D eigenvalue weighted by Gasteiger charge is -2.40. The van der Waals surface area contributed by atoms with Crippen LogP contribution in [0.2, 0.25) is 0 Å². The second-order valence-electron chi connectivity index (χ2n) is 7.49. The largest absolute Gasteiger partial charge is 0.374 e. The number of fused-ring (bicyclic) bond motifs is 1. The molecule has 0 spiro atoms. The van der Waals surface area contributed by atoms with Gasteiger partial charge in [0, 0.05) is 37.3 Å². The summed E-state index contributed by atoms with van der Waals surface area (Å²) in [5.74, 6) is -0.806. The minimum atomic E-state index is -0.457. The van der Waals surface area contributed by atoms with Crippen LogP contribution < -0.4 is 5.73 Å². The summed E-state index contributed by atoms with van der Waals surface area (Å²) in [5, 5.41) is 9.81. The Morgan fingerprint density at radius 1 is 1.35 bits per heavy atom. The first kappa shape index (κ1) is 18.4. The van der Waals surface area contributed by atoms with E-state index in [1.165, 1.54) is 0 Å². The number of nitrogens with two attached hydrogens (primary N) is 1. The molecule has 0 saturated heterocycles. The van der Waals surface area contributed by atoms with Gasteiger partial charge in [-0.15, -0.1) is 0 Å². The average Bonchev–Trinajstić information content (AvgIpc) is 2.60. The summed E-state index contributed by atoms with van der Waals surface area (Å²) in [5.41, 5.74) is 7.77. The lowest BCUT2D eigenvalue weighted by molar-refractivity contribution is -0.124. The second-order valence-corrected chi connectivity index (χ2v) is 7.49. The van der Waals surface area contributed by atoms with E-state index in [9.17, 15) is 10.1 Å². The monoisotopic (exact) mass is 353 g/mol. The van der Waals surface area contributed by atoms with Crippen molar-refractivity contribution in [2.75, 3.05) is 19.8 Å². The molecule has 26 heavy (non-hydrogen) atoms. The van der Waals surface area contributed by atoms with Gasteiger partial charge in [-0.05, 0) is 11.8 Å². The summed E-state index contributed by atoms with van der Waals surface area (Å²) in [7, 11) is 0. The summed E-state index contributed by atoms with van der Waals surface area (Å²) >= 11 is 0. The van der Waals surface area contributed by atoms with Gasteiger partial charge in [0.15, 0.2) is 0 Å². The number of ether oxygens (including phenoxy) is 1. The Morgan fingerprint density at radius 3 is 2.81 bits per heavy atom. The van der Waals surface area contributed by atoms with Crippen LogP contribution in [0.4, 0.5) is 0 Å². The molecule has 0 aromatic carbocycles. The van der Waals surface area contributed by atoms with Gasteiger partial charge in [-0.25, -0.2) is 0 Å². The van der Waals surface area contributed by atoms with Gasteiger partial charge in [0.25, 0.3) is 0 Å². The minimum Gasteiger partial charge on any atom is -0.374 e. The van der Waals surface area contributed by atoms with Crippen molar-refractivity contribution in [3.63, 3.8) is 0 Å². The van der Waals surface area contributed by atoms with Gasteiger partial charge < -0.3 is 10.5 Å². The molecular weight excluding hydrogens is 330 g/mol. The Hall–Kier alpha value is -2.43. The van der Waals surface area contributed by atoms with Gasteiger partial charge in [-0.3, -0.25) is 19.8 Å². The number of rotatable bonds is 5. The van der Waals surface area contributed by atoms with Gasteiger partial charge >= 0.3 is 0 Å². The van der Waals surface area contributed by atoms with Crippen molar-refractivity contribution in [2.24, 2.45) is 22.1 Å². The molecule has 136 valence electrons.